The van der Waals surface area contributed by atoms with Crippen molar-refractivity contribution in [2.24, 2.45) is 0 Å². The number of aromatic nitrogens is 2. The minimum absolute atomic E-state index is 0.226. The van der Waals surface area contributed by atoms with Gasteiger partial charge in [0.15, 0.2) is 0 Å². The summed E-state index contributed by atoms with van der Waals surface area (Å²) in [5, 5.41) is 3.42. The molecule has 3 aromatic rings. The third-order valence-corrected chi connectivity index (χ3v) is 5.89. The lowest BCUT2D eigenvalue weighted by Gasteiger charge is -2.14. The minimum atomic E-state index is 0.226. The number of fused-ring (bicyclic) bond motifs is 1. The lowest BCUT2D eigenvalue weighted by atomic mass is 10.1. The summed E-state index contributed by atoms with van der Waals surface area (Å²) in [7, 11) is 0. The first kappa shape index (κ1) is 22.3. The number of likely N-dealkylation sites (tertiary alicyclic amines) is 1. The quantitative estimate of drug-likeness (QED) is 0.443. The third-order valence-electron chi connectivity index (χ3n) is 5.89. The summed E-state index contributed by atoms with van der Waals surface area (Å²) < 4.78 is 5.95. The Labute approximate surface area is 190 Å². The van der Waals surface area contributed by atoms with E-state index in [0.717, 1.165) is 86.5 Å². The molecule has 0 aliphatic carbocycles. The predicted octanol–water partition coefficient (Wildman–Crippen LogP) is 4.24. The number of carbonyl (C=O) groups is 1. The maximum Gasteiger partial charge on any atom is 0.226 e. The zero-order chi connectivity index (χ0) is 22.2. The fourth-order valence-corrected chi connectivity index (χ4v) is 4.18. The van der Waals surface area contributed by atoms with Gasteiger partial charge in [0.05, 0.1) is 24.1 Å². The van der Waals surface area contributed by atoms with Gasteiger partial charge in [0.25, 0.3) is 0 Å². The van der Waals surface area contributed by atoms with Crippen LogP contribution in [0.15, 0.2) is 42.5 Å². The van der Waals surface area contributed by atoms with Crippen molar-refractivity contribution in [1.29, 1.82) is 0 Å². The van der Waals surface area contributed by atoms with Crippen LogP contribution in [0, 0.1) is 0 Å². The van der Waals surface area contributed by atoms with E-state index in [2.05, 4.69) is 35.4 Å². The van der Waals surface area contributed by atoms with E-state index in [4.69, 9.17) is 9.72 Å². The van der Waals surface area contributed by atoms with E-state index in [1.165, 1.54) is 5.56 Å². The number of nitrogens with zero attached hydrogens (tertiary/aromatic N) is 2. The zero-order valence-corrected chi connectivity index (χ0v) is 19.0. The normalized spacial score (nSPS) is 13.7. The van der Waals surface area contributed by atoms with Gasteiger partial charge in [0.2, 0.25) is 5.91 Å². The second-order valence-corrected chi connectivity index (χ2v) is 8.58. The average molecular weight is 435 g/mol. The van der Waals surface area contributed by atoms with Gasteiger partial charge in [-0.05, 0) is 67.6 Å². The van der Waals surface area contributed by atoms with Gasteiger partial charge in [-0.3, -0.25) is 4.79 Å². The van der Waals surface area contributed by atoms with E-state index in [1.807, 2.05) is 29.2 Å². The molecule has 0 spiro atoms. The maximum atomic E-state index is 12.4. The van der Waals surface area contributed by atoms with Crippen LogP contribution in [0.2, 0.25) is 0 Å². The van der Waals surface area contributed by atoms with Crippen LogP contribution >= 0.6 is 0 Å². The van der Waals surface area contributed by atoms with Crippen molar-refractivity contribution in [2.75, 3.05) is 26.2 Å². The van der Waals surface area contributed by atoms with Crippen LogP contribution in [0.1, 0.15) is 49.6 Å². The fourth-order valence-electron chi connectivity index (χ4n) is 4.18. The molecule has 6 heteroatoms. The molecule has 1 amide bonds. The Kier molecular flexibility index (Phi) is 7.77. The Morgan fingerprint density at radius 3 is 2.88 bits per heavy atom. The highest BCUT2D eigenvalue weighted by Gasteiger charge is 2.18. The van der Waals surface area contributed by atoms with Crippen LogP contribution in [-0.2, 0) is 24.2 Å². The molecule has 0 saturated carbocycles. The van der Waals surface area contributed by atoms with Gasteiger partial charge < -0.3 is 19.9 Å². The van der Waals surface area contributed by atoms with Crippen molar-refractivity contribution in [1.82, 2.24) is 20.2 Å². The standard InChI is InChI=1S/C26H34N4O2/c1-2-12-27-19-21-7-5-8-22(16-21)32-15-6-9-25-28-23-11-10-20(17-24(23)29-25)18-26(31)30-13-3-4-14-30/h5,7-8,10-11,16-17,27H,2-4,6,9,12-15,18-19H2,1H3,(H,28,29). The summed E-state index contributed by atoms with van der Waals surface area (Å²) in [5.41, 5.74) is 4.24. The first-order valence-corrected chi connectivity index (χ1v) is 11.9. The van der Waals surface area contributed by atoms with E-state index in [9.17, 15) is 4.79 Å². The first-order chi connectivity index (χ1) is 15.7. The number of carbonyl (C=O) groups excluding carboxylic acids is 1. The number of rotatable bonds is 11. The highest BCUT2D eigenvalue weighted by Crippen LogP contribution is 2.18. The van der Waals surface area contributed by atoms with Crippen molar-refractivity contribution < 1.29 is 9.53 Å². The van der Waals surface area contributed by atoms with Crippen molar-refractivity contribution in [3.8, 4) is 5.75 Å². The van der Waals surface area contributed by atoms with E-state index < -0.39 is 0 Å². The van der Waals surface area contributed by atoms with Crippen LogP contribution < -0.4 is 10.1 Å². The number of aryl methyl sites for hydroxylation is 1. The average Bonchev–Trinajstić information content (AvgIpc) is 3.47. The summed E-state index contributed by atoms with van der Waals surface area (Å²) in [5.74, 6) is 2.10. The molecule has 4 rings (SSSR count). The van der Waals surface area contributed by atoms with Gasteiger partial charge >= 0.3 is 0 Å². The Morgan fingerprint density at radius 1 is 1.16 bits per heavy atom. The molecule has 6 nitrogen and oxygen atoms in total. The molecule has 1 aromatic heterocycles. The largest absolute Gasteiger partial charge is 0.494 e. The van der Waals surface area contributed by atoms with Crippen molar-refractivity contribution >= 4 is 16.9 Å². The molecule has 1 aliphatic heterocycles. The second-order valence-electron chi connectivity index (χ2n) is 8.58. The minimum Gasteiger partial charge on any atom is -0.494 e. The number of H-pyrrole nitrogens is 1. The van der Waals surface area contributed by atoms with Crippen molar-refractivity contribution in [2.45, 2.75) is 52.0 Å². The molecule has 0 unspecified atom stereocenters. The lowest BCUT2D eigenvalue weighted by Crippen LogP contribution is -2.29. The summed E-state index contributed by atoms with van der Waals surface area (Å²) in [4.78, 5) is 22.5. The topological polar surface area (TPSA) is 70.2 Å². The predicted molar refractivity (Wildman–Crippen MR) is 128 cm³/mol. The van der Waals surface area contributed by atoms with E-state index in [-0.39, 0.29) is 5.91 Å². The number of nitrogens with one attached hydrogen (secondary N) is 2. The van der Waals surface area contributed by atoms with E-state index in [1.54, 1.807) is 0 Å². The first-order valence-electron chi connectivity index (χ1n) is 11.9. The maximum absolute atomic E-state index is 12.4. The van der Waals surface area contributed by atoms with E-state index in [0.29, 0.717) is 13.0 Å². The highest BCUT2D eigenvalue weighted by molar-refractivity contribution is 5.82. The molecule has 2 heterocycles. The summed E-state index contributed by atoms with van der Waals surface area (Å²) >= 11 is 0. The monoisotopic (exact) mass is 434 g/mol. The summed E-state index contributed by atoms with van der Waals surface area (Å²) in [6.07, 6.45) is 5.56. The van der Waals surface area contributed by atoms with Gasteiger partial charge in [0.1, 0.15) is 11.6 Å². The Balaban J connectivity index is 1.25. The Morgan fingerprint density at radius 2 is 2.03 bits per heavy atom. The van der Waals surface area contributed by atoms with Crippen LogP contribution in [0.25, 0.3) is 11.0 Å². The summed E-state index contributed by atoms with van der Waals surface area (Å²) in [6.45, 7) is 6.52. The van der Waals surface area contributed by atoms with Crippen LogP contribution in [-0.4, -0.2) is 47.0 Å². The third kappa shape index (κ3) is 6.10. The second kappa shape index (κ2) is 11.1. The summed E-state index contributed by atoms with van der Waals surface area (Å²) in [6, 6.07) is 14.4. The van der Waals surface area contributed by atoms with Crippen molar-refractivity contribution in [3.63, 3.8) is 0 Å². The fraction of sp³-hybridized carbons (Fsp3) is 0.462. The molecule has 32 heavy (non-hydrogen) atoms. The number of aromatic amines is 1. The molecule has 1 saturated heterocycles. The Hall–Kier alpha value is -2.86. The molecule has 2 aromatic carbocycles. The van der Waals surface area contributed by atoms with Gasteiger partial charge in [-0.2, -0.15) is 0 Å². The van der Waals surface area contributed by atoms with Crippen LogP contribution in [0.5, 0.6) is 5.75 Å². The smallest absolute Gasteiger partial charge is 0.226 e. The molecule has 0 bridgehead atoms. The molecular formula is C26H34N4O2. The SMILES string of the molecule is CCCNCc1cccc(OCCCc2nc3ccc(CC(=O)N4CCCC4)cc3[nH]2)c1. The van der Waals surface area contributed by atoms with Gasteiger partial charge in [-0.15, -0.1) is 0 Å². The highest BCUT2D eigenvalue weighted by atomic mass is 16.5. The number of hydrogen-bond donors (Lipinski definition) is 2. The van der Waals surface area contributed by atoms with Crippen LogP contribution in [0.3, 0.4) is 0 Å². The van der Waals surface area contributed by atoms with Gasteiger partial charge in [0, 0.05) is 26.1 Å². The van der Waals surface area contributed by atoms with Crippen molar-refractivity contribution in [3.05, 3.63) is 59.4 Å². The molecule has 2 N–H and O–H groups in total. The molecule has 0 radical (unpaired) electrons. The number of hydrogen-bond acceptors (Lipinski definition) is 4. The Bertz CT molecular complexity index is 1020. The molecule has 170 valence electrons. The number of ether oxygens (including phenoxy) is 1. The molecule has 1 aliphatic rings. The molecule has 0 atom stereocenters. The molecule has 1 fully saturated rings. The zero-order valence-electron chi connectivity index (χ0n) is 19.0. The molecular weight excluding hydrogens is 400 g/mol. The van der Waals surface area contributed by atoms with Crippen LogP contribution in [0.4, 0.5) is 0 Å². The van der Waals surface area contributed by atoms with Gasteiger partial charge in [-0.1, -0.05) is 25.1 Å². The number of imidazole rings is 1. The number of benzene rings is 2. The lowest BCUT2D eigenvalue weighted by molar-refractivity contribution is -0.129. The van der Waals surface area contributed by atoms with E-state index >= 15 is 0 Å². The van der Waals surface area contributed by atoms with Gasteiger partial charge in [-0.25, -0.2) is 4.98 Å². The number of amides is 1.